The molecule has 0 heterocycles. The van der Waals surface area contributed by atoms with Crippen molar-refractivity contribution in [2.45, 2.75) is 6.42 Å². The fourth-order valence-electron chi connectivity index (χ4n) is 1.67. The van der Waals surface area contributed by atoms with Gasteiger partial charge in [0.1, 0.15) is 6.29 Å². The third-order valence-corrected chi connectivity index (χ3v) is 2.62. The fourth-order valence-corrected chi connectivity index (χ4v) is 1.67. The average molecular weight is 221 g/mol. The van der Waals surface area contributed by atoms with Gasteiger partial charge in [0.25, 0.3) is 0 Å². The molecule has 0 atom stereocenters. The molecule has 0 amide bonds. The van der Waals surface area contributed by atoms with E-state index in [2.05, 4.69) is 6.07 Å². The molecular weight excluding hydrogens is 210 g/mol. The Morgan fingerprint density at radius 1 is 0.941 bits per heavy atom. The van der Waals surface area contributed by atoms with Crippen LogP contribution in [0.2, 0.25) is 0 Å². The summed E-state index contributed by atoms with van der Waals surface area (Å²) in [6.45, 7) is 0. The Morgan fingerprint density at radius 2 is 1.47 bits per heavy atom. The summed E-state index contributed by atoms with van der Waals surface area (Å²) in [6, 6.07) is 17.4. The van der Waals surface area contributed by atoms with Gasteiger partial charge in [-0.25, -0.2) is 0 Å². The highest BCUT2D eigenvalue weighted by Crippen LogP contribution is 2.20. The quantitative estimate of drug-likeness (QED) is 0.747. The molecule has 0 saturated heterocycles. The highest BCUT2D eigenvalue weighted by Gasteiger charge is 1.98. The van der Waals surface area contributed by atoms with Gasteiger partial charge in [0, 0.05) is 6.42 Å². The topological polar surface area (TPSA) is 40.9 Å². The summed E-state index contributed by atoms with van der Waals surface area (Å²) < 4.78 is 0. The van der Waals surface area contributed by atoms with E-state index < -0.39 is 0 Å². The van der Waals surface area contributed by atoms with Crippen molar-refractivity contribution in [2.24, 2.45) is 0 Å². The van der Waals surface area contributed by atoms with E-state index in [4.69, 9.17) is 5.26 Å². The second kappa shape index (κ2) is 5.09. The van der Waals surface area contributed by atoms with Crippen molar-refractivity contribution >= 4 is 6.29 Å². The normalized spacial score (nSPS) is 9.59. The van der Waals surface area contributed by atoms with Crippen molar-refractivity contribution in [2.75, 3.05) is 0 Å². The van der Waals surface area contributed by atoms with Crippen molar-refractivity contribution in [1.82, 2.24) is 0 Å². The molecule has 2 heteroatoms. The molecule has 0 N–H and O–H groups in total. The average Bonchev–Trinajstić information content (AvgIpc) is 2.40. The van der Waals surface area contributed by atoms with E-state index in [0.29, 0.717) is 12.0 Å². The van der Waals surface area contributed by atoms with Gasteiger partial charge in [-0.15, -0.1) is 0 Å². The summed E-state index contributed by atoms with van der Waals surface area (Å²) in [5.74, 6) is 0. The summed E-state index contributed by atoms with van der Waals surface area (Å²) in [5.41, 5.74) is 3.83. The van der Waals surface area contributed by atoms with E-state index in [1.54, 1.807) is 12.1 Å². The molecule has 0 saturated carbocycles. The zero-order valence-electron chi connectivity index (χ0n) is 9.26. The zero-order valence-corrected chi connectivity index (χ0v) is 9.26. The number of carbonyl (C=O) groups is 1. The van der Waals surface area contributed by atoms with Gasteiger partial charge in [-0.2, -0.15) is 5.26 Å². The first-order valence-electron chi connectivity index (χ1n) is 5.36. The lowest BCUT2D eigenvalue weighted by Gasteiger charge is -2.02. The van der Waals surface area contributed by atoms with E-state index >= 15 is 0 Å². The van der Waals surface area contributed by atoms with E-state index in [9.17, 15) is 4.79 Å². The van der Waals surface area contributed by atoms with Gasteiger partial charge < -0.3 is 4.79 Å². The molecule has 2 aromatic carbocycles. The number of carbonyl (C=O) groups excluding carboxylic acids is 1. The van der Waals surface area contributed by atoms with Crippen LogP contribution < -0.4 is 0 Å². The van der Waals surface area contributed by atoms with Crippen LogP contribution in [0.25, 0.3) is 11.1 Å². The summed E-state index contributed by atoms with van der Waals surface area (Å²) in [5, 5.41) is 8.71. The highest BCUT2D eigenvalue weighted by molar-refractivity contribution is 5.65. The van der Waals surface area contributed by atoms with Crippen molar-refractivity contribution in [3.63, 3.8) is 0 Å². The van der Waals surface area contributed by atoms with Gasteiger partial charge in [-0.05, 0) is 28.8 Å². The standard InChI is InChI=1S/C15H11NO/c16-11-13-3-7-15(8-4-13)14-5-1-12(2-6-14)9-10-17/h1-8,10H,9H2. The maximum Gasteiger partial charge on any atom is 0.124 e. The smallest absolute Gasteiger partial charge is 0.124 e. The Kier molecular flexibility index (Phi) is 3.32. The molecule has 0 fully saturated rings. The SMILES string of the molecule is N#Cc1ccc(-c2ccc(CC=O)cc2)cc1. The lowest BCUT2D eigenvalue weighted by Crippen LogP contribution is -1.85. The van der Waals surface area contributed by atoms with E-state index in [-0.39, 0.29) is 0 Å². The summed E-state index contributed by atoms with van der Waals surface area (Å²) in [6.07, 6.45) is 1.35. The highest BCUT2D eigenvalue weighted by atomic mass is 16.1. The van der Waals surface area contributed by atoms with Gasteiger partial charge in [0.05, 0.1) is 11.6 Å². The van der Waals surface area contributed by atoms with Gasteiger partial charge in [0.15, 0.2) is 0 Å². The van der Waals surface area contributed by atoms with Crippen molar-refractivity contribution in [3.05, 3.63) is 59.7 Å². The molecule has 0 spiro atoms. The van der Waals surface area contributed by atoms with E-state index in [0.717, 1.165) is 23.0 Å². The molecule has 2 nitrogen and oxygen atoms in total. The molecule has 0 aromatic heterocycles. The fraction of sp³-hybridized carbons (Fsp3) is 0.0667. The van der Waals surface area contributed by atoms with Gasteiger partial charge in [0.2, 0.25) is 0 Å². The minimum absolute atomic E-state index is 0.452. The molecule has 0 aliphatic carbocycles. The van der Waals surface area contributed by atoms with Crippen molar-refractivity contribution < 1.29 is 4.79 Å². The lowest BCUT2D eigenvalue weighted by molar-refractivity contribution is -0.107. The second-order valence-corrected chi connectivity index (χ2v) is 3.76. The summed E-state index contributed by atoms with van der Waals surface area (Å²) in [4.78, 5) is 10.4. The second-order valence-electron chi connectivity index (χ2n) is 3.76. The lowest BCUT2D eigenvalue weighted by atomic mass is 10.0. The van der Waals surface area contributed by atoms with E-state index in [1.165, 1.54) is 0 Å². The van der Waals surface area contributed by atoms with Crippen LogP contribution in [0, 0.1) is 11.3 Å². The number of aldehydes is 1. The number of nitriles is 1. The van der Waals surface area contributed by atoms with Crippen LogP contribution in [0.15, 0.2) is 48.5 Å². The Bertz CT molecular complexity index is 547. The number of benzene rings is 2. The Morgan fingerprint density at radius 3 is 1.94 bits per heavy atom. The predicted octanol–water partition coefficient (Wildman–Crippen LogP) is 2.97. The molecule has 0 aliphatic rings. The Balaban J connectivity index is 2.27. The molecule has 0 aliphatic heterocycles. The predicted molar refractivity (Wildman–Crippen MR) is 66.4 cm³/mol. The van der Waals surface area contributed by atoms with Crippen LogP contribution in [0.1, 0.15) is 11.1 Å². The Hall–Kier alpha value is -2.40. The van der Waals surface area contributed by atoms with Crippen LogP contribution in [-0.4, -0.2) is 6.29 Å². The first-order valence-corrected chi connectivity index (χ1v) is 5.36. The van der Waals surface area contributed by atoms with E-state index in [1.807, 2.05) is 36.4 Å². The van der Waals surface area contributed by atoms with Crippen LogP contribution >= 0.6 is 0 Å². The number of hydrogen-bond acceptors (Lipinski definition) is 2. The first-order chi connectivity index (χ1) is 8.33. The molecule has 17 heavy (non-hydrogen) atoms. The maximum atomic E-state index is 10.4. The monoisotopic (exact) mass is 221 g/mol. The molecule has 0 bridgehead atoms. The van der Waals surface area contributed by atoms with Crippen LogP contribution in [-0.2, 0) is 11.2 Å². The Labute approximate surface area is 100 Å². The maximum absolute atomic E-state index is 10.4. The first kappa shape index (κ1) is 11.1. The van der Waals surface area contributed by atoms with Gasteiger partial charge in [-0.3, -0.25) is 0 Å². The third kappa shape index (κ3) is 2.59. The van der Waals surface area contributed by atoms with Gasteiger partial charge in [-0.1, -0.05) is 36.4 Å². The van der Waals surface area contributed by atoms with Gasteiger partial charge >= 0.3 is 0 Å². The van der Waals surface area contributed by atoms with Crippen molar-refractivity contribution in [1.29, 1.82) is 5.26 Å². The number of nitrogens with zero attached hydrogens (tertiary/aromatic N) is 1. The molecule has 0 unspecified atom stereocenters. The minimum atomic E-state index is 0.452. The molecule has 82 valence electrons. The zero-order chi connectivity index (χ0) is 12.1. The number of hydrogen-bond donors (Lipinski definition) is 0. The van der Waals surface area contributed by atoms with Crippen molar-refractivity contribution in [3.8, 4) is 17.2 Å². The summed E-state index contributed by atoms with van der Waals surface area (Å²) >= 11 is 0. The summed E-state index contributed by atoms with van der Waals surface area (Å²) in [7, 11) is 0. The van der Waals surface area contributed by atoms with Crippen LogP contribution in [0.4, 0.5) is 0 Å². The molecule has 2 aromatic rings. The largest absolute Gasteiger partial charge is 0.303 e. The van der Waals surface area contributed by atoms with Crippen LogP contribution in [0.5, 0.6) is 0 Å². The molecule has 2 rings (SSSR count). The number of rotatable bonds is 3. The molecular formula is C15H11NO. The van der Waals surface area contributed by atoms with Crippen LogP contribution in [0.3, 0.4) is 0 Å². The third-order valence-electron chi connectivity index (χ3n) is 2.62. The minimum Gasteiger partial charge on any atom is -0.303 e. The molecule has 0 radical (unpaired) electrons.